The van der Waals surface area contributed by atoms with E-state index in [0.717, 1.165) is 58.8 Å². The molecule has 2 fully saturated rings. The molecule has 1 atom stereocenters. The highest BCUT2D eigenvalue weighted by Crippen LogP contribution is 2.31. The molecule has 0 saturated carbocycles. The minimum atomic E-state index is -0.450. The smallest absolute Gasteiger partial charge is 0.0644 e. The van der Waals surface area contributed by atoms with Crippen molar-refractivity contribution in [3.05, 3.63) is 0 Å². The summed E-state index contributed by atoms with van der Waals surface area (Å²) in [4.78, 5) is 2.52. The van der Waals surface area contributed by atoms with Gasteiger partial charge < -0.3 is 20.1 Å². The molecule has 0 aromatic rings. The molecule has 0 amide bonds. The van der Waals surface area contributed by atoms with Crippen LogP contribution < -0.4 is 5.32 Å². The summed E-state index contributed by atoms with van der Waals surface area (Å²) in [6.07, 6.45) is 4.22. The fourth-order valence-electron chi connectivity index (χ4n) is 3.29. The van der Waals surface area contributed by atoms with Crippen LogP contribution in [0.3, 0.4) is 0 Å². The van der Waals surface area contributed by atoms with E-state index < -0.39 is 5.60 Å². The molecule has 2 rings (SSSR count). The summed E-state index contributed by atoms with van der Waals surface area (Å²) in [5, 5.41) is 13.5. The van der Waals surface area contributed by atoms with Gasteiger partial charge >= 0.3 is 0 Å². The summed E-state index contributed by atoms with van der Waals surface area (Å²) in [7, 11) is 0. The quantitative estimate of drug-likeness (QED) is 0.789. The Morgan fingerprint density at radius 1 is 1.26 bits per heavy atom. The first-order valence-corrected chi connectivity index (χ1v) is 7.79. The van der Waals surface area contributed by atoms with Crippen molar-refractivity contribution in [1.29, 1.82) is 0 Å². The van der Waals surface area contributed by atoms with Gasteiger partial charge in [0.15, 0.2) is 0 Å². The molecule has 112 valence electrons. The highest BCUT2D eigenvalue weighted by atomic mass is 16.5. The van der Waals surface area contributed by atoms with Crippen LogP contribution >= 0.6 is 0 Å². The first-order chi connectivity index (χ1) is 9.05. The van der Waals surface area contributed by atoms with E-state index in [4.69, 9.17) is 4.74 Å². The topological polar surface area (TPSA) is 44.7 Å². The monoisotopic (exact) mass is 270 g/mol. The molecule has 2 aliphatic rings. The Kier molecular flexibility index (Phi) is 5.23. The van der Waals surface area contributed by atoms with E-state index in [2.05, 4.69) is 17.1 Å². The average molecular weight is 270 g/mol. The molecule has 19 heavy (non-hydrogen) atoms. The number of nitrogens with zero attached hydrogens (tertiary/aromatic N) is 1. The molecule has 2 saturated heterocycles. The zero-order valence-corrected chi connectivity index (χ0v) is 12.6. The van der Waals surface area contributed by atoms with Gasteiger partial charge in [0.2, 0.25) is 0 Å². The van der Waals surface area contributed by atoms with Crippen LogP contribution in [-0.2, 0) is 4.74 Å². The van der Waals surface area contributed by atoms with E-state index in [-0.39, 0.29) is 5.41 Å². The van der Waals surface area contributed by atoms with E-state index >= 15 is 0 Å². The molecule has 1 unspecified atom stereocenters. The number of nitrogens with one attached hydrogen (secondary N) is 1. The van der Waals surface area contributed by atoms with Crippen LogP contribution in [0, 0.1) is 5.41 Å². The summed E-state index contributed by atoms with van der Waals surface area (Å²) in [5.74, 6) is 0. The van der Waals surface area contributed by atoms with Crippen molar-refractivity contribution < 1.29 is 9.84 Å². The lowest BCUT2D eigenvalue weighted by Crippen LogP contribution is -2.52. The Morgan fingerprint density at radius 3 is 2.58 bits per heavy atom. The van der Waals surface area contributed by atoms with Crippen molar-refractivity contribution in [1.82, 2.24) is 10.2 Å². The minimum absolute atomic E-state index is 0.275. The Morgan fingerprint density at radius 2 is 2.00 bits per heavy atom. The summed E-state index contributed by atoms with van der Waals surface area (Å²) < 4.78 is 5.75. The fourth-order valence-corrected chi connectivity index (χ4v) is 3.29. The molecule has 2 heterocycles. The predicted octanol–water partition coefficient (Wildman–Crippen LogP) is 1.24. The van der Waals surface area contributed by atoms with Crippen LogP contribution in [0.4, 0.5) is 0 Å². The van der Waals surface area contributed by atoms with Crippen molar-refractivity contribution in [2.24, 2.45) is 5.41 Å². The van der Waals surface area contributed by atoms with Gasteiger partial charge in [0.05, 0.1) is 12.2 Å². The molecule has 2 N–H and O–H groups in total. The zero-order chi connectivity index (χ0) is 13.8. The van der Waals surface area contributed by atoms with Gasteiger partial charge in [0, 0.05) is 38.2 Å². The molecular formula is C15H30N2O2. The molecule has 4 nitrogen and oxygen atoms in total. The third-order valence-electron chi connectivity index (χ3n) is 4.65. The van der Waals surface area contributed by atoms with E-state index in [9.17, 15) is 5.11 Å². The van der Waals surface area contributed by atoms with E-state index in [1.165, 1.54) is 12.8 Å². The summed E-state index contributed by atoms with van der Waals surface area (Å²) in [5.41, 5.74) is -0.175. The van der Waals surface area contributed by atoms with Crippen LogP contribution in [0.5, 0.6) is 0 Å². The maximum Gasteiger partial charge on any atom is 0.0644 e. The highest BCUT2D eigenvalue weighted by molar-refractivity contribution is 4.90. The van der Waals surface area contributed by atoms with Crippen molar-refractivity contribution in [2.75, 3.05) is 45.9 Å². The van der Waals surface area contributed by atoms with E-state index in [1.54, 1.807) is 0 Å². The second-order valence-electron chi connectivity index (χ2n) is 6.71. The number of piperidine rings is 1. The van der Waals surface area contributed by atoms with Crippen molar-refractivity contribution in [3.63, 3.8) is 0 Å². The van der Waals surface area contributed by atoms with Crippen LogP contribution in [0.1, 0.15) is 39.5 Å². The van der Waals surface area contributed by atoms with Crippen LogP contribution in [0.2, 0.25) is 0 Å². The Bertz CT molecular complexity index is 265. The summed E-state index contributed by atoms with van der Waals surface area (Å²) >= 11 is 0. The molecule has 4 heteroatoms. The van der Waals surface area contributed by atoms with Gasteiger partial charge in [-0.25, -0.2) is 0 Å². The predicted molar refractivity (Wildman–Crippen MR) is 77.3 cm³/mol. The fraction of sp³-hybridized carbons (Fsp3) is 1.00. The van der Waals surface area contributed by atoms with Crippen LogP contribution in [-0.4, -0.2) is 61.5 Å². The third kappa shape index (κ3) is 4.42. The molecular weight excluding hydrogens is 240 g/mol. The number of aliphatic hydroxyl groups is 1. The number of likely N-dealkylation sites (tertiary alicyclic amines) is 1. The minimum Gasteiger partial charge on any atom is -0.390 e. The molecule has 0 aromatic heterocycles. The van der Waals surface area contributed by atoms with Gasteiger partial charge in [-0.1, -0.05) is 6.92 Å². The second kappa shape index (κ2) is 6.53. The van der Waals surface area contributed by atoms with Crippen LogP contribution in [0.15, 0.2) is 0 Å². The van der Waals surface area contributed by atoms with Crippen molar-refractivity contribution >= 4 is 0 Å². The molecule has 0 aromatic carbocycles. The van der Waals surface area contributed by atoms with Gasteiger partial charge in [-0.3, -0.25) is 0 Å². The van der Waals surface area contributed by atoms with Crippen LogP contribution in [0.25, 0.3) is 0 Å². The lowest BCUT2D eigenvalue weighted by Gasteiger charge is -2.44. The number of ether oxygens (including phenoxy) is 1. The lowest BCUT2D eigenvalue weighted by molar-refractivity contribution is -0.0508. The Hall–Kier alpha value is -0.160. The average Bonchev–Trinajstić information content (AvgIpc) is 2.40. The lowest BCUT2D eigenvalue weighted by atomic mass is 9.80. The molecule has 0 bridgehead atoms. The summed E-state index contributed by atoms with van der Waals surface area (Å²) in [6.45, 7) is 11.1. The van der Waals surface area contributed by atoms with Gasteiger partial charge in [-0.15, -0.1) is 0 Å². The highest BCUT2D eigenvalue weighted by Gasteiger charge is 2.36. The number of hydrogen-bond acceptors (Lipinski definition) is 4. The SMILES string of the molecule is CCNCC1(CN2CCC(C)(O)CC2)CCCOC1. The van der Waals surface area contributed by atoms with E-state index in [0.29, 0.717) is 0 Å². The van der Waals surface area contributed by atoms with Gasteiger partial charge in [0.25, 0.3) is 0 Å². The van der Waals surface area contributed by atoms with Crippen molar-refractivity contribution in [2.45, 2.75) is 45.1 Å². The number of hydrogen-bond donors (Lipinski definition) is 2. The normalized spacial score (nSPS) is 32.4. The maximum absolute atomic E-state index is 10.0. The molecule has 0 radical (unpaired) electrons. The maximum atomic E-state index is 10.0. The Labute approximate surface area is 117 Å². The number of rotatable bonds is 5. The molecule has 0 spiro atoms. The molecule has 0 aliphatic carbocycles. The van der Waals surface area contributed by atoms with Gasteiger partial charge in [-0.2, -0.15) is 0 Å². The standard InChI is InChI=1S/C15H30N2O2/c1-3-16-11-15(5-4-10-19-13-15)12-17-8-6-14(2,18)7-9-17/h16,18H,3-13H2,1-2H3. The largest absolute Gasteiger partial charge is 0.390 e. The van der Waals surface area contributed by atoms with Crippen molar-refractivity contribution in [3.8, 4) is 0 Å². The third-order valence-corrected chi connectivity index (χ3v) is 4.65. The van der Waals surface area contributed by atoms with E-state index in [1.807, 2.05) is 6.92 Å². The Balaban J connectivity index is 1.89. The molecule has 2 aliphatic heterocycles. The first kappa shape index (κ1) is 15.2. The van der Waals surface area contributed by atoms with Gasteiger partial charge in [0.1, 0.15) is 0 Å². The second-order valence-corrected chi connectivity index (χ2v) is 6.71. The zero-order valence-electron chi connectivity index (χ0n) is 12.6. The van der Waals surface area contributed by atoms with Gasteiger partial charge in [-0.05, 0) is 39.2 Å². The summed E-state index contributed by atoms with van der Waals surface area (Å²) in [6, 6.07) is 0. The first-order valence-electron chi connectivity index (χ1n) is 7.79.